The third kappa shape index (κ3) is 12.6. The fourth-order valence-corrected chi connectivity index (χ4v) is 9.49. The molecule has 4 aromatic rings. The zero-order valence-corrected chi connectivity index (χ0v) is 41.7. The number of aryl methyl sites for hydroxylation is 1. The van der Waals surface area contributed by atoms with Gasteiger partial charge in [-0.3, -0.25) is 38.4 Å². The van der Waals surface area contributed by atoms with Crippen LogP contribution in [0.4, 0.5) is 17.6 Å². The Kier molecular flexibility index (Phi) is 17.5. The van der Waals surface area contributed by atoms with Crippen molar-refractivity contribution in [1.82, 2.24) is 46.8 Å². The normalized spacial score (nSPS) is 16.9. The maximum Gasteiger partial charge on any atom is 0.423 e. The second kappa shape index (κ2) is 23.8. The summed E-state index contributed by atoms with van der Waals surface area (Å²) in [6.45, 7) is 1.36. The van der Waals surface area contributed by atoms with Crippen molar-refractivity contribution >= 4 is 58.2 Å². The van der Waals surface area contributed by atoms with Crippen molar-refractivity contribution < 1.29 is 70.5 Å². The number of benzene rings is 2. The first-order valence-electron chi connectivity index (χ1n) is 24.6. The number of pyridine rings is 2. The van der Waals surface area contributed by atoms with Gasteiger partial charge in [0.25, 0.3) is 11.5 Å². The SMILES string of the molecule is CC[C@@]1(O)C(=O)OCc2c1cc1n(c2=O)Cc2c-1nc1cc(F)c(C)c3c1c2[C@@H](NC(=O)[C@@H](OCNC(=O)CNC(=O)[C@H](Cc1ccccc1)NC(=O)CNC(=O)CNC(=O)CCCCCNC(C)=O)C(F)(F)F)CC3. The van der Waals surface area contributed by atoms with Crippen LogP contribution in [0.1, 0.15) is 97.4 Å². The minimum Gasteiger partial charge on any atom is -0.458 e. The van der Waals surface area contributed by atoms with Gasteiger partial charge < -0.3 is 56.4 Å². The Morgan fingerprint density at radius 3 is 2.29 bits per heavy atom. The molecule has 0 radical (unpaired) electrons. The van der Waals surface area contributed by atoms with E-state index >= 15 is 4.39 Å². The van der Waals surface area contributed by atoms with Crippen molar-refractivity contribution in [1.29, 1.82) is 0 Å². The lowest BCUT2D eigenvalue weighted by atomic mass is 9.81. The van der Waals surface area contributed by atoms with Gasteiger partial charge >= 0.3 is 12.1 Å². The Morgan fingerprint density at radius 2 is 1.58 bits per heavy atom. The van der Waals surface area contributed by atoms with Crippen molar-refractivity contribution in [2.75, 3.05) is 32.9 Å². The summed E-state index contributed by atoms with van der Waals surface area (Å²) in [5, 5.41) is 28.4. The molecule has 2 aliphatic heterocycles. The van der Waals surface area contributed by atoms with E-state index in [1.54, 1.807) is 30.3 Å². The highest BCUT2D eigenvalue weighted by molar-refractivity contribution is 5.95. The van der Waals surface area contributed by atoms with Gasteiger partial charge in [0.2, 0.25) is 41.5 Å². The topological polar surface area (TPSA) is 294 Å². The zero-order chi connectivity index (χ0) is 55.1. The van der Waals surface area contributed by atoms with E-state index in [0.29, 0.717) is 47.9 Å². The summed E-state index contributed by atoms with van der Waals surface area (Å²) in [5.74, 6) is -7.17. The Balaban J connectivity index is 0.965. The molecule has 4 atom stereocenters. The number of alkyl halides is 3. The summed E-state index contributed by atoms with van der Waals surface area (Å²) in [4.78, 5) is 120. The molecule has 21 nitrogen and oxygen atoms in total. The van der Waals surface area contributed by atoms with Gasteiger partial charge in [-0.2, -0.15) is 13.2 Å². The van der Waals surface area contributed by atoms with Crippen LogP contribution in [0, 0.1) is 12.7 Å². The molecule has 0 saturated carbocycles. The van der Waals surface area contributed by atoms with E-state index in [1.807, 2.05) is 0 Å². The minimum absolute atomic E-state index is 0.00337. The number of amides is 7. The number of carbonyl (C=O) groups is 8. The molecule has 25 heteroatoms. The number of nitrogens with one attached hydrogen (secondary N) is 7. The largest absolute Gasteiger partial charge is 0.458 e. The van der Waals surface area contributed by atoms with E-state index in [0.717, 1.165) is 6.07 Å². The predicted molar refractivity (Wildman–Crippen MR) is 261 cm³/mol. The third-order valence-electron chi connectivity index (χ3n) is 13.5. The Morgan fingerprint density at radius 1 is 0.882 bits per heavy atom. The number of hydrogen-bond acceptors (Lipinski definition) is 13. The van der Waals surface area contributed by atoms with Crippen LogP contribution in [0.2, 0.25) is 0 Å². The molecule has 0 saturated heterocycles. The molecule has 7 rings (SSSR count). The average Bonchev–Trinajstić information content (AvgIpc) is 3.79. The highest BCUT2D eigenvalue weighted by Gasteiger charge is 2.48. The van der Waals surface area contributed by atoms with Crippen LogP contribution in [-0.4, -0.2) is 113 Å². The summed E-state index contributed by atoms with van der Waals surface area (Å²) in [7, 11) is 0. The van der Waals surface area contributed by atoms with E-state index in [1.165, 1.54) is 31.4 Å². The fraction of sp³-hybridized carbons (Fsp3) is 0.451. The van der Waals surface area contributed by atoms with Gasteiger partial charge in [-0.1, -0.05) is 43.7 Å². The molecule has 4 heterocycles. The maximum atomic E-state index is 15.4. The smallest absolute Gasteiger partial charge is 0.423 e. The lowest BCUT2D eigenvalue weighted by Crippen LogP contribution is -2.52. The van der Waals surface area contributed by atoms with Crippen LogP contribution in [-0.2, 0) is 79.4 Å². The van der Waals surface area contributed by atoms with Crippen LogP contribution in [0.3, 0.4) is 0 Å². The fourth-order valence-electron chi connectivity index (χ4n) is 9.49. The van der Waals surface area contributed by atoms with E-state index in [9.17, 15) is 61.4 Å². The molecule has 3 aliphatic rings. The summed E-state index contributed by atoms with van der Waals surface area (Å²) in [5.41, 5.74) is -0.417. The molecule has 406 valence electrons. The maximum absolute atomic E-state index is 15.4. The Hall–Kier alpha value is -7.80. The van der Waals surface area contributed by atoms with Gasteiger partial charge in [-0.25, -0.2) is 14.2 Å². The van der Waals surface area contributed by atoms with Crippen molar-refractivity contribution in [3.05, 3.63) is 97.6 Å². The lowest BCUT2D eigenvalue weighted by Gasteiger charge is -2.31. The van der Waals surface area contributed by atoms with Gasteiger partial charge in [-0.05, 0) is 67.3 Å². The number of aromatic nitrogens is 2. The van der Waals surface area contributed by atoms with Gasteiger partial charge in [0.15, 0.2) is 5.60 Å². The standard InChI is InChI=1S/C51H57F4N9O12/c1-4-50(74)32-18-37-44-30(23-64(37)48(72)31(32)24-75-49(50)73)43-34(15-14-29-26(2)33(52)19-35(62-44)42(29)43)63-47(71)45(51(53,54)55)76-25-60-40(68)21-59-46(70)36(17-28-11-7-5-8-12-28)61-41(69)22-58-39(67)20-57-38(66)13-9-6-10-16-56-27(3)65/h5,7-8,11-12,18-19,34,36,45,74H,4,6,9-10,13-17,20-25H2,1-3H3,(H,56,65)(H,57,66)(H,58,67)(H,59,70)(H,60,68)(H,61,69)(H,63,71)/t34-,36-,45+,50-/m0/s1. The van der Waals surface area contributed by atoms with Crippen LogP contribution < -0.4 is 42.8 Å². The van der Waals surface area contributed by atoms with Crippen molar-refractivity contribution in [3.63, 3.8) is 0 Å². The number of nitrogens with zero attached hydrogens (tertiary/aromatic N) is 2. The number of fused-ring (bicyclic) bond motifs is 5. The molecule has 8 N–H and O–H groups in total. The summed E-state index contributed by atoms with van der Waals surface area (Å²) in [6.07, 6.45) is -6.57. The summed E-state index contributed by atoms with van der Waals surface area (Å²) < 4.78 is 70.7. The predicted octanol–water partition coefficient (Wildman–Crippen LogP) is 1.42. The van der Waals surface area contributed by atoms with Crippen LogP contribution in [0.25, 0.3) is 22.3 Å². The molecule has 76 heavy (non-hydrogen) atoms. The number of rotatable bonds is 22. The van der Waals surface area contributed by atoms with Gasteiger partial charge in [0.05, 0.1) is 54.7 Å². The molecule has 2 aromatic carbocycles. The van der Waals surface area contributed by atoms with Crippen LogP contribution in [0.5, 0.6) is 0 Å². The van der Waals surface area contributed by atoms with Gasteiger partial charge in [0, 0.05) is 48.9 Å². The van der Waals surface area contributed by atoms with Gasteiger partial charge in [0.1, 0.15) is 25.2 Å². The number of unbranched alkanes of at least 4 members (excludes halogenated alkanes) is 2. The molecule has 0 unspecified atom stereocenters. The molecule has 0 spiro atoms. The van der Waals surface area contributed by atoms with E-state index in [2.05, 4.69) is 37.2 Å². The quantitative estimate of drug-likeness (QED) is 0.0211. The number of cyclic esters (lactones) is 1. The number of aliphatic hydroxyl groups is 1. The van der Waals surface area contributed by atoms with Crippen LogP contribution >= 0.6 is 0 Å². The molecule has 7 amide bonds. The Labute approximate surface area is 431 Å². The van der Waals surface area contributed by atoms with Gasteiger partial charge in [-0.15, -0.1) is 0 Å². The van der Waals surface area contributed by atoms with Crippen molar-refractivity contribution in [3.8, 4) is 11.4 Å². The zero-order valence-electron chi connectivity index (χ0n) is 41.7. The van der Waals surface area contributed by atoms with E-state index < -0.39 is 116 Å². The third-order valence-corrected chi connectivity index (χ3v) is 13.5. The molecule has 0 fully saturated rings. The average molecular weight is 1060 g/mol. The number of esters is 1. The minimum atomic E-state index is -5.32. The Bertz CT molecular complexity index is 3030. The first-order chi connectivity index (χ1) is 36.1. The number of ether oxygens (including phenoxy) is 2. The highest BCUT2D eigenvalue weighted by atomic mass is 19.4. The van der Waals surface area contributed by atoms with E-state index in [-0.39, 0.29) is 83.7 Å². The first kappa shape index (κ1) is 55.9. The first-order valence-corrected chi connectivity index (χ1v) is 24.6. The monoisotopic (exact) mass is 1060 g/mol. The second-order valence-electron chi connectivity index (χ2n) is 18.6. The molecular formula is C51H57F4N9O12. The molecule has 0 bridgehead atoms. The van der Waals surface area contributed by atoms with Crippen molar-refractivity contribution in [2.45, 2.75) is 115 Å². The van der Waals surface area contributed by atoms with Crippen molar-refractivity contribution in [2.24, 2.45) is 0 Å². The molecular weight excluding hydrogens is 1010 g/mol. The molecule has 2 aromatic heterocycles. The van der Waals surface area contributed by atoms with E-state index in [4.69, 9.17) is 14.5 Å². The second-order valence-corrected chi connectivity index (χ2v) is 18.6. The number of hydrogen-bond donors (Lipinski definition) is 8. The van der Waals surface area contributed by atoms with Crippen LogP contribution in [0.15, 0.2) is 47.3 Å². The summed E-state index contributed by atoms with van der Waals surface area (Å²) >= 11 is 0. The lowest BCUT2D eigenvalue weighted by molar-refractivity contribution is -0.220. The highest BCUT2D eigenvalue weighted by Crippen LogP contribution is 2.46. The number of halogens is 4. The summed E-state index contributed by atoms with van der Waals surface area (Å²) in [6, 6.07) is 8.51. The molecule has 1 aliphatic carbocycles. The number of carbonyl (C=O) groups excluding carboxylic acids is 8.